The largest absolute Gasteiger partial charge is 0.482 e. The number of nitrogens with two attached hydrogens (primary N) is 1. The van der Waals surface area contributed by atoms with E-state index >= 15 is 0 Å². The second kappa shape index (κ2) is 13.5. The summed E-state index contributed by atoms with van der Waals surface area (Å²) in [6, 6.07) is 10.5. The van der Waals surface area contributed by atoms with Crippen molar-refractivity contribution in [1.82, 2.24) is 4.57 Å². The van der Waals surface area contributed by atoms with Crippen molar-refractivity contribution in [1.29, 1.82) is 0 Å². The molecular formula is C21H30N2O7. The van der Waals surface area contributed by atoms with E-state index in [1.165, 1.54) is 16.8 Å². The average Bonchev–Trinajstić information content (AvgIpc) is 2.76. The molecule has 1 heterocycles. The molecule has 0 radical (unpaired) electrons. The van der Waals surface area contributed by atoms with Crippen LogP contribution in [0.4, 0.5) is 0 Å². The third kappa shape index (κ3) is 7.96. The number of aromatic nitrogens is 1. The SMILES string of the molecule is COC(C)Cn1ccc(=O)c(OCc2ccccc2)c1C(=O)O.COC(CN)OC. The standard InChI is InChI=1S/C17H19NO5.C4H11NO2/c1-12(22-2)10-18-9-8-14(19)16(15(18)17(20)21)23-11-13-6-4-3-5-7-13;1-6-4(3-5)7-2/h3-9,12H,10-11H2,1-2H3,(H,20,21);4H,3,5H2,1-2H3. The van der Waals surface area contributed by atoms with Crippen LogP contribution >= 0.6 is 0 Å². The number of rotatable bonds is 10. The van der Waals surface area contributed by atoms with Crippen molar-refractivity contribution >= 4 is 5.97 Å². The number of aromatic carboxylic acids is 1. The van der Waals surface area contributed by atoms with Gasteiger partial charge in [-0.3, -0.25) is 4.79 Å². The maximum atomic E-state index is 12.0. The summed E-state index contributed by atoms with van der Waals surface area (Å²) < 4.78 is 21.5. The summed E-state index contributed by atoms with van der Waals surface area (Å²) in [5.41, 5.74) is 5.37. The van der Waals surface area contributed by atoms with Gasteiger partial charge in [0.1, 0.15) is 6.61 Å². The Bertz CT molecular complexity index is 814. The van der Waals surface area contributed by atoms with E-state index in [0.717, 1.165) is 5.56 Å². The van der Waals surface area contributed by atoms with Crippen LogP contribution in [0.15, 0.2) is 47.4 Å². The van der Waals surface area contributed by atoms with Crippen LogP contribution in [0.3, 0.4) is 0 Å². The Labute approximate surface area is 175 Å². The highest BCUT2D eigenvalue weighted by atomic mass is 16.7. The molecule has 0 bridgehead atoms. The quantitative estimate of drug-likeness (QED) is 0.555. The molecule has 9 heteroatoms. The smallest absolute Gasteiger partial charge is 0.356 e. The molecule has 0 saturated heterocycles. The Balaban J connectivity index is 0.000000553. The number of ether oxygens (including phenoxy) is 4. The van der Waals surface area contributed by atoms with Crippen LogP contribution in [0.25, 0.3) is 0 Å². The Hall–Kier alpha value is -2.72. The lowest BCUT2D eigenvalue weighted by atomic mass is 10.2. The summed E-state index contributed by atoms with van der Waals surface area (Å²) >= 11 is 0. The highest BCUT2D eigenvalue weighted by molar-refractivity contribution is 5.88. The van der Waals surface area contributed by atoms with Gasteiger partial charge in [0.2, 0.25) is 5.43 Å². The molecule has 30 heavy (non-hydrogen) atoms. The number of pyridine rings is 1. The van der Waals surface area contributed by atoms with E-state index in [9.17, 15) is 14.7 Å². The van der Waals surface area contributed by atoms with Gasteiger partial charge in [-0.25, -0.2) is 4.79 Å². The second-order valence-corrected chi connectivity index (χ2v) is 6.27. The molecular weight excluding hydrogens is 392 g/mol. The maximum absolute atomic E-state index is 12.0. The van der Waals surface area contributed by atoms with Crippen LogP contribution in [0.2, 0.25) is 0 Å². The fraction of sp³-hybridized carbons (Fsp3) is 0.429. The average molecular weight is 422 g/mol. The lowest BCUT2D eigenvalue weighted by molar-refractivity contribution is -0.0940. The van der Waals surface area contributed by atoms with Gasteiger partial charge in [0.15, 0.2) is 17.7 Å². The Kier molecular flexibility index (Phi) is 11.4. The predicted molar refractivity (Wildman–Crippen MR) is 112 cm³/mol. The first kappa shape index (κ1) is 25.3. The van der Waals surface area contributed by atoms with Crippen molar-refractivity contribution < 1.29 is 28.8 Å². The van der Waals surface area contributed by atoms with Crippen molar-refractivity contribution in [2.45, 2.75) is 32.5 Å². The van der Waals surface area contributed by atoms with E-state index < -0.39 is 11.4 Å². The minimum Gasteiger partial charge on any atom is -0.482 e. The van der Waals surface area contributed by atoms with E-state index in [0.29, 0.717) is 13.1 Å². The van der Waals surface area contributed by atoms with E-state index in [1.54, 1.807) is 21.3 Å². The van der Waals surface area contributed by atoms with Gasteiger partial charge in [-0.2, -0.15) is 0 Å². The predicted octanol–water partition coefficient (Wildman–Crippen LogP) is 1.72. The summed E-state index contributed by atoms with van der Waals surface area (Å²) in [7, 11) is 4.66. The monoisotopic (exact) mass is 422 g/mol. The third-order valence-corrected chi connectivity index (χ3v) is 4.13. The van der Waals surface area contributed by atoms with Crippen molar-refractivity contribution in [3.8, 4) is 5.75 Å². The van der Waals surface area contributed by atoms with Gasteiger partial charge in [0, 0.05) is 46.7 Å². The molecule has 1 atom stereocenters. The molecule has 0 fully saturated rings. The molecule has 2 rings (SSSR count). The topological polar surface area (TPSA) is 122 Å². The van der Waals surface area contributed by atoms with Crippen LogP contribution in [0.5, 0.6) is 5.75 Å². The summed E-state index contributed by atoms with van der Waals surface area (Å²) in [4.78, 5) is 23.6. The van der Waals surface area contributed by atoms with Crippen molar-refractivity contribution in [2.75, 3.05) is 27.9 Å². The van der Waals surface area contributed by atoms with Gasteiger partial charge in [-0.15, -0.1) is 0 Å². The fourth-order valence-corrected chi connectivity index (χ4v) is 2.44. The molecule has 2 aromatic rings. The van der Waals surface area contributed by atoms with Crippen molar-refractivity contribution in [2.24, 2.45) is 5.73 Å². The van der Waals surface area contributed by atoms with Crippen molar-refractivity contribution in [3.63, 3.8) is 0 Å². The molecule has 0 aliphatic heterocycles. The number of benzene rings is 1. The first-order valence-electron chi connectivity index (χ1n) is 9.29. The molecule has 0 amide bonds. The molecule has 0 spiro atoms. The van der Waals surface area contributed by atoms with Gasteiger partial charge in [-0.05, 0) is 12.5 Å². The van der Waals surface area contributed by atoms with Crippen LogP contribution < -0.4 is 15.9 Å². The number of nitrogens with zero attached hydrogens (tertiary/aromatic N) is 1. The Morgan fingerprint density at radius 1 is 1.10 bits per heavy atom. The zero-order valence-corrected chi connectivity index (χ0v) is 17.7. The molecule has 9 nitrogen and oxygen atoms in total. The number of carboxylic acid groups (broad SMARTS) is 1. The first-order chi connectivity index (χ1) is 14.4. The van der Waals surface area contributed by atoms with E-state index in [4.69, 9.17) is 24.7 Å². The molecule has 166 valence electrons. The normalized spacial score (nSPS) is 11.5. The van der Waals surface area contributed by atoms with E-state index in [2.05, 4.69) is 0 Å². The lowest BCUT2D eigenvalue weighted by Gasteiger charge is -2.17. The van der Waals surface area contributed by atoms with Gasteiger partial charge in [0.25, 0.3) is 0 Å². The van der Waals surface area contributed by atoms with Crippen molar-refractivity contribution in [3.05, 3.63) is 64.1 Å². The number of carbonyl (C=O) groups is 1. The minimum absolute atomic E-state index is 0.125. The van der Waals surface area contributed by atoms with Gasteiger partial charge < -0.3 is 34.4 Å². The van der Waals surface area contributed by atoms with Gasteiger partial charge in [-0.1, -0.05) is 30.3 Å². The summed E-state index contributed by atoms with van der Waals surface area (Å²) in [6.45, 7) is 2.65. The van der Waals surface area contributed by atoms with Crippen LogP contribution in [-0.2, 0) is 27.4 Å². The third-order valence-electron chi connectivity index (χ3n) is 4.13. The highest BCUT2D eigenvalue weighted by Crippen LogP contribution is 2.16. The second-order valence-electron chi connectivity index (χ2n) is 6.27. The highest BCUT2D eigenvalue weighted by Gasteiger charge is 2.20. The zero-order valence-electron chi connectivity index (χ0n) is 17.7. The van der Waals surface area contributed by atoms with Crippen LogP contribution in [-0.4, -0.2) is 55.9 Å². The Morgan fingerprint density at radius 2 is 1.73 bits per heavy atom. The van der Waals surface area contributed by atoms with E-state index in [-0.39, 0.29) is 30.4 Å². The Morgan fingerprint density at radius 3 is 2.20 bits per heavy atom. The number of hydrogen-bond acceptors (Lipinski definition) is 7. The molecule has 3 N–H and O–H groups in total. The molecule has 0 aliphatic rings. The summed E-state index contributed by atoms with van der Waals surface area (Å²) in [5.74, 6) is -1.37. The number of carboxylic acids is 1. The molecule has 1 aromatic carbocycles. The van der Waals surface area contributed by atoms with Crippen LogP contribution in [0, 0.1) is 0 Å². The summed E-state index contributed by atoms with van der Waals surface area (Å²) in [5, 5.41) is 9.47. The molecule has 1 aromatic heterocycles. The minimum atomic E-state index is -1.21. The van der Waals surface area contributed by atoms with Crippen LogP contribution in [0.1, 0.15) is 23.0 Å². The van der Waals surface area contributed by atoms with E-state index in [1.807, 2.05) is 37.3 Å². The molecule has 0 saturated carbocycles. The van der Waals surface area contributed by atoms with Gasteiger partial charge >= 0.3 is 5.97 Å². The van der Waals surface area contributed by atoms with Gasteiger partial charge in [0.05, 0.1) is 6.10 Å². The zero-order chi connectivity index (χ0) is 22.5. The maximum Gasteiger partial charge on any atom is 0.356 e. The molecule has 1 unspecified atom stereocenters. The fourth-order valence-electron chi connectivity index (χ4n) is 2.44. The summed E-state index contributed by atoms with van der Waals surface area (Å²) in [6.07, 6.45) is 1.01. The molecule has 0 aliphatic carbocycles. The first-order valence-corrected chi connectivity index (χ1v) is 9.29. The lowest BCUT2D eigenvalue weighted by Crippen LogP contribution is -2.24. The number of methoxy groups -OCH3 is 3. The number of hydrogen-bond donors (Lipinski definition) is 2.